The molecule has 6 heteroatoms. The molecule has 1 heterocycles. The van der Waals surface area contributed by atoms with E-state index in [1.165, 1.54) is 29.4 Å². The summed E-state index contributed by atoms with van der Waals surface area (Å²) in [5.41, 5.74) is 4.26. The fourth-order valence-corrected chi connectivity index (χ4v) is 4.71. The zero-order valence-corrected chi connectivity index (χ0v) is 17.3. The van der Waals surface area contributed by atoms with E-state index in [-0.39, 0.29) is 17.9 Å². The first-order valence-corrected chi connectivity index (χ1v) is 10.5. The van der Waals surface area contributed by atoms with Crippen molar-refractivity contribution in [1.29, 1.82) is 0 Å². The minimum absolute atomic E-state index is 0.0954. The third-order valence-electron chi connectivity index (χ3n) is 5.17. The summed E-state index contributed by atoms with van der Waals surface area (Å²) in [5, 5.41) is 3.70. The van der Waals surface area contributed by atoms with Crippen molar-refractivity contribution >= 4 is 28.3 Å². The van der Waals surface area contributed by atoms with Gasteiger partial charge in [-0.1, -0.05) is 65.9 Å². The normalized spacial score (nSPS) is 13.2. The van der Waals surface area contributed by atoms with E-state index < -0.39 is 0 Å². The molecule has 5 nitrogen and oxygen atoms in total. The van der Waals surface area contributed by atoms with E-state index in [4.69, 9.17) is 0 Å². The number of nitrogens with one attached hydrogen (secondary N) is 1. The highest BCUT2D eigenvalue weighted by Gasteiger charge is 2.26. The van der Waals surface area contributed by atoms with Gasteiger partial charge in [-0.05, 0) is 36.5 Å². The van der Waals surface area contributed by atoms with Crippen molar-refractivity contribution in [1.82, 2.24) is 10.3 Å². The van der Waals surface area contributed by atoms with Crippen LogP contribution in [0.4, 0.5) is 5.13 Å². The third kappa shape index (κ3) is 4.22. The van der Waals surface area contributed by atoms with Crippen LogP contribution in [0, 0.1) is 6.92 Å². The number of aryl methyl sites for hydroxylation is 1. The SMILES string of the molecule is CC(=O)N(Cc1ccccc1)c1nc(C)c(C(=O)NC2Cc3ccccc3C2)s1. The summed E-state index contributed by atoms with van der Waals surface area (Å²) in [4.78, 5) is 31.8. The maximum Gasteiger partial charge on any atom is 0.263 e. The lowest BCUT2D eigenvalue weighted by Gasteiger charge is -2.17. The Morgan fingerprint density at radius 2 is 1.69 bits per heavy atom. The maximum absolute atomic E-state index is 12.9. The van der Waals surface area contributed by atoms with E-state index in [2.05, 4.69) is 22.4 Å². The van der Waals surface area contributed by atoms with Gasteiger partial charge in [0.1, 0.15) is 4.88 Å². The largest absolute Gasteiger partial charge is 0.348 e. The smallest absolute Gasteiger partial charge is 0.263 e. The van der Waals surface area contributed by atoms with Crippen molar-refractivity contribution in [3.05, 3.63) is 81.9 Å². The summed E-state index contributed by atoms with van der Waals surface area (Å²) in [6.07, 6.45) is 1.69. The highest BCUT2D eigenvalue weighted by Crippen LogP contribution is 2.28. The Morgan fingerprint density at radius 3 is 2.31 bits per heavy atom. The van der Waals surface area contributed by atoms with Gasteiger partial charge in [0.05, 0.1) is 12.2 Å². The quantitative estimate of drug-likeness (QED) is 0.700. The van der Waals surface area contributed by atoms with Gasteiger partial charge >= 0.3 is 0 Å². The minimum atomic E-state index is -0.118. The molecule has 148 valence electrons. The summed E-state index contributed by atoms with van der Waals surface area (Å²) in [7, 11) is 0. The van der Waals surface area contributed by atoms with Crippen molar-refractivity contribution in [3.8, 4) is 0 Å². The summed E-state index contributed by atoms with van der Waals surface area (Å²) in [6.45, 7) is 3.77. The first-order valence-electron chi connectivity index (χ1n) is 9.68. The van der Waals surface area contributed by atoms with Crippen LogP contribution in [0.3, 0.4) is 0 Å². The molecule has 0 saturated carbocycles. The van der Waals surface area contributed by atoms with E-state index in [9.17, 15) is 9.59 Å². The van der Waals surface area contributed by atoms with E-state index >= 15 is 0 Å². The first kappa shape index (κ1) is 19.3. The van der Waals surface area contributed by atoms with Gasteiger partial charge in [-0.3, -0.25) is 14.5 Å². The molecule has 1 aliphatic rings. The van der Waals surface area contributed by atoms with E-state index in [0.717, 1.165) is 18.4 Å². The van der Waals surface area contributed by atoms with Crippen LogP contribution in [0.2, 0.25) is 0 Å². The second-order valence-electron chi connectivity index (χ2n) is 7.35. The van der Waals surface area contributed by atoms with Gasteiger partial charge in [0.2, 0.25) is 5.91 Å². The van der Waals surface area contributed by atoms with E-state index in [1.54, 1.807) is 4.90 Å². The van der Waals surface area contributed by atoms with Crippen molar-refractivity contribution < 1.29 is 9.59 Å². The molecule has 4 rings (SSSR count). The summed E-state index contributed by atoms with van der Waals surface area (Å²) < 4.78 is 0. The predicted octanol–water partition coefficient (Wildman–Crippen LogP) is 3.90. The van der Waals surface area contributed by atoms with Crippen LogP contribution in [0.1, 0.15) is 39.0 Å². The highest BCUT2D eigenvalue weighted by atomic mass is 32.1. The van der Waals surface area contributed by atoms with Gasteiger partial charge in [0.25, 0.3) is 5.91 Å². The van der Waals surface area contributed by atoms with Crippen LogP contribution in [-0.2, 0) is 24.2 Å². The monoisotopic (exact) mass is 405 g/mol. The van der Waals surface area contributed by atoms with Crippen molar-refractivity contribution in [2.24, 2.45) is 0 Å². The summed E-state index contributed by atoms with van der Waals surface area (Å²) in [5.74, 6) is -0.215. The van der Waals surface area contributed by atoms with Crippen molar-refractivity contribution in [2.75, 3.05) is 4.90 Å². The predicted molar refractivity (Wildman–Crippen MR) is 115 cm³/mol. The average molecular weight is 406 g/mol. The molecule has 2 aromatic carbocycles. The number of amides is 2. The topological polar surface area (TPSA) is 62.3 Å². The lowest BCUT2D eigenvalue weighted by molar-refractivity contribution is -0.116. The molecule has 0 radical (unpaired) electrons. The van der Waals surface area contributed by atoms with Crippen LogP contribution >= 0.6 is 11.3 Å². The lowest BCUT2D eigenvalue weighted by Crippen LogP contribution is -2.35. The van der Waals surface area contributed by atoms with Crippen molar-refractivity contribution in [2.45, 2.75) is 39.3 Å². The Balaban J connectivity index is 1.49. The van der Waals surface area contributed by atoms with Gasteiger partial charge in [0, 0.05) is 13.0 Å². The first-order chi connectivity index (χ1) is 14.0. The average Bonchev–Trinajstić information content (AvgIpc) is 3.29. The summed E-state index contributed by atoms with van der Waals surface area (Å²) >= 11 is 1.27. The van der Waals surface area contributed by atoms with Gasteiger partial charge in [-0.2, -0.15) is 0 Å². The molecule has 0 atom stereocenters. The number of rotatable bonds is 5. The Hall–Kier alpha value is -2.99. The van der Waals surface area contributed by atoms with Crippen LogP contribution in [0.25, 0.3) is 0 Å². The molecule has 2 amide bonds. The molecule has 3 aromatic rings. The molecule has 29 heavy (non-hydrogen) atoms. The Bertz CT molecular complexity index is 1020. The molecule has 0 unspecified atom stereocenters. The number of benzene rings is 2. The van der Waals surface area contributed by atoms with Crippen LogP contribution in [0.15, 0.2) is 54.6 Å². The number of anilines is 1. The van der Waals surface area contributed by atoms with Gasteiger partial charge in [-0.25, -0.2) is 4.98 Å². The van der Waals surface area contributed by atoms with Crippen LogP contribution in [0.5, 0.6) is 0 Å². The Morgan fingerprint density at radius 1 is 1.07 bits per heavy atom. The van der Waals surface area contributed by atoms with Crippen molar-refractivity contribution in [3.63, 3.8) is 0 Å². The van der Waals surface area contributed by atoms with E-state index in [0.29, 0.717) is 22.2 Å². The van der Waals surface area contributed by atoms with Crippen LogP contribution < -0.4 is 10.2 Å². The number of thiazole rings is 1. The standard InChI is InChI=1S/C23H23N3O2S/c1-15-21(22(28)25-20-12-18-10-6-7-11-19(18)13-20)29-23(24-15)26(16(2)27)14-17-8-4-3-5-9-17/h3-11,20H,12-14H2,1-2H3,(H,25,28). The number of carbonyl (C=O) groups excluding carboxylic acids is 2. The molecule has 0 fully saturated rings. The molecule has 1 N–H and O–H groups in total. The zero-order valence-electron chi connectivity index (χ0n) is 16.5. The molecule has 0 aliphatic heterocycles. The van der Waals surface area contributed by atoms with E-state index in [1.807, 2.05) is 49.4 Å². The number of aromatic nitrogens is 1. The molecule has 0 spiro atoms. The number of carbonyl (C=O) groups is 2. The molecular weight excluding hydrogens is 382 g/mol. The summed E-state index contributed by atoms with van der Waals surface area (Å²) in [6, 6.07) is 18.2. The zero-order chi connectivity index (χ0) is 20.4. The minimum Gasteiger partial charge on any atom is -0.348 e. The fraction of sp³-hybridized carbons (Fsp3) is 0.261. The molecule has 0 bridgehead atoms. The molecular formula is C23H23N3O2S. The van der Waals surface area contributed by atoms with Gasteiger partial charge in [0.15, 0.2) is 5.13 Å². The fourth-order valence-electron chi connectivity index (χ4n) is 3.70. The molecule has 0 saturated heterocycles. The molecule has 1 aliphatic carbocycles. The number of nitrogens with zero attached hydrogens (tertiary/aromatic N) is 2. The Kier molecular flexibility index (Phi) is 5.45. The highest BCUT2D eigenvalue weighted by molar-refractivity contribution is 7.17. The van der Waals surface area contributed by atoms with Crippen LogP contribution in [-0.4, -0.2) is 22.8 Å². The number of fused-ring (bicyclic) bond motifs is 1. The Labute approximate surface area is 174 Å². The lowest BCUT2D eigenvalue weighted by atomic mass is 10.1. The number of hydrogen-bond donors (Lipinski definition) is 1. The molecule has 1 aromatic heterocycles. The van der Waals surface area contributed by atoms with Gasteiger partial charge < -0.3 is 5.32 Å². The third-order valence-corrected chi connectivity index (χ3v) is 6.35. The second kappa shape index (κ2) is 8.17. The second-order valence-corrected chi connectivity index (χ2v) is 8.33. The van der Waals surface area contributed by atoms with Gasteiger partial charge in [-0.15, -0.1) is 0 Å². The number of hydrogen-bond acceptors (Lipinski definition) is 4. The maximum atomic E-state index is 12.9.